The van der Waals surface area contributed by atoms with Crippen molar-refractivity contribution in [3.05, 3.63) is 0 Å². The van der Waals surface area contributed by atoms with Gasteiger partial charge in [0, 0.05) is 12.8 Å². The van der Waals surface area contributed by atoms with Gasteiger partial charge in [0.15, 0.2) is 5.78 Å². The molecule has 1 saturated heterocycles. The van der Waals surface area contributed by atoms with Gasteiger partial charge < -0.3 is 10.1 Å². The minimum Gasteiger partial charge on any atom is -0.466 e. The number of Topliss-reactive ketones (excluding diaryl/α,β-unsaturated/α-hetero) is 1. The summed E-state index contributed by atoms with van der Waals surface area (Å²) >= 11 is 0. The normalized spacial score (nSPS) is 16.8. The highest BCUT2D eigenvalue weighted by Crippen LogP contribution is 2.11. The first kappa shape index (κ1) is 22.8. The highest BCUT2D eigenvalue weighted by atomic mass is 16.5. The predicted octanol–water partition coefficient (Wildman–Crippen LogP) is 2.65. The highest BCUT2D eigenvalue weighted by Gasteiger charge is 2.30. The Labute approximate surface area is 160 Å². The molecule has 0 aliphatic carbocycles. The van der Waals surface area contributed by atoms with Gasteiger partial charge in [-0.15, -0.1) is 0 Å². The Morgan fingerprint density at radius 2 is 1.63 bits per heavy atom. The molecule has 3 amide bonds. The lowest BCUT2D eigenvalue weighted by molar-refractivity contribution is -0.143. The van der Waals surface area contributed by atoms with Crippen LogP contribution in [0, 0.1) is 0 Å². The molecule has 0 spiro atoms. The molecule has 1 rings (SSSR count). The van der Waals surface area contributed by atoms with Crippen LogP contribution < -0.4 is 10.6 Å². The topological polar surface area (TPSA) is 114 Å². The van der Waals surface area contributed by atoms with E-state index in [0.717, 1.165) is 44.9 Å². The first-order valence-electron chi connectivity index (χ1n) is 9.84. The molecule has 0 radical (unpaired) electrons. The van der Waals surface area contributed by atoms with E-state index in [1.807, 2.05) is 0 Å². The molecule has 0 aromatic carbocycles. The van der Waals surface area contributed by atoms with E-state index in [4.69, 9.17) is 4.74 Å². The van der Waals surface area contributed by atoms with E-state index in [9.17, 15) is 19.2 Å². The van der Waals surface area contributed by atoms with Gasteiger partial charge in [-0.2, -0.15) is 0 Å². The summed E-state index contributed by atoms with van der Waals surface area (Å²) in [6.07, 6.45) is 6.21. The van der Waals surface area contributed by atoms with E-state index < -0.39 is 18.1 Å². The van der Waals surface area contributed by atoms with E-state index in [1.54, 1.807) is 6.92 Å². The van der Waals surface area contributed by atoms with Crippen LogP contribution in [0.5, 0.6) is 0 Å². The van der Waals surface area contributed by atoms with Crippen LogP contribution in [-0.4, -0.2) is 42.2 Å². The van der Waals surface area contributed by atoms with Crippen LogP contribution in [0.3, 0.4) is 0 Å². The number of nitrogens with zero attached hydrogens (tertiary/aromatic N) is 1. The molecular weight excluding hydrogens is 350 g/mol. The van der Waals surface area contributed by atoms with Crippen molar-refractivity contribution in [2.45, 2.75) is 84.2 Å². The van der Waals surface area contributed by atoms with Gasteiger partial charge in [0.25, 0.3) is 5.91 Å². The Balaban J connectivity index is 2.49. The summed E-state index contributed by atoms with van der Waals surface area (Å²) in [5.41, 5.74) is 0.360. The van der Waals surface area contributed by atoms with E-state index in [0.29, 0.717) is 31.6 Å². The van der Waals surface area contributed by atoms with Gasteiger partial charge >= 0.3 is 12.0 Å². The number of hydrogen-bond donors (Lipinski definition) is 2. The Morgan fingerprint density at radius 3 is 2.22 bits per heavy atom. The number of aliphatic imine (C=N–C) groups is 1. The largest absolute Gasteiger partial charge is 0.466 e. The number of amides is 3. The Bertz CT molecular complexity index is 560. The first-order chi connectivity index (χ1) is 13.0. The van der Waals surface area contributed by atoms with Gasteiger partial charge in [-0.1, -0.05) is 32.6 Å². The Morgan fingerprint density at radius 1 is 0.963 bits per heavy atom. The summed E-state index contributed by atoms with van der Waals surface area (Å²) in [6.45, 7) is 4.24. The highest BCUT2D eigenvalue weighted by molar-refractivity contribution is 6.40. The molecule has 1 aliphatic rings. The van der Waals surface area contributed by atoms with Gasteiger partial charge in [-0.25, -0.2) is 4.79 Å². The van der Waals surface area contributed by atoms with Crippen molar-refractivity contribution < 1.29 is 23.9 Å². The number of hydrogen-bond acceptors (Lipinski definition) is 6. The summed E-state index contributed by atoms with van der Waals surface area (Å²) in [5.74, 6) is -0.786. The van der Waals surface area contributed by atoms with Crippen LogP contribution in [0.15, 0.2) is 4.99 Å². The molecule has 1 fully saturated rings. The second kappa shape index (κ2) is 13.0. The van der Waals surface area contributed by atoms with Crippen molar-refractivity contribution in [2.24, 2.45) is 4.99 Å². The molecule has 2 N–H and O–H groups in total. The maximum absolute atomic E-state index is 12.4. The second-order valence-corrected chi connectivity index (χ2v) is 6.54. The molecule has 1 atom stereocenters. The standard InChI is InChI=1S/C19H31N3O5/c1-3-5-8-12-15(23)14(20-17-18(25)22-19(26)21-17)11-9-6-7-10-13-16(24)27-4-2/h17H,3-13H2,1-2H3,(H2,21,22,25,26). The van der Waals surface area contributed by atoms with Crippen molar-refractivity contribution in [2.75, 3.05) is 6.61 Å². The van der Waals surface area contributed by atoms with Crippen LogP contribution in [0.4, 0.5) is 4.79 Å². The molecule has 0 aromatic rings. The first-order valence-corrected chi connectivity index (χ1v) is 9.84. The third kappa shape index (κ3) is 9.30. The summed E-state index contributed by atoms with van der Waals surface area (Å²) < 4.78 is 4.88. The van der Waals surface area contributed by atoms with Gasteiger partial charge in [0.2, 0.25) is 6.17 Å². The number of unbranched alkanes of at least 4 members (excludes halogenated alkanes) is 5. The number of esters is 1. The fourth-order valence-corrected chi connectivity index (χ4v) is 2.76. The monoisotopic (exact) mass is 381 g/mol. The minimum absolute atomic E-state index is 0.0658. The van der Waals surface area contributed by atoms with E-state index >= 15 is 0 Å². The lowest BCUT2D eigenvalue weighted by Gasteiger charge is -2.09. The number of rotatable bonds is 14. The zero-order valence-corrected chi connectivity index (χ0v) is 16.3. The summed E-state index contributed by atoms with van der Waals surface area (Å²) in [5, 5.41) is 4.52. The Kier molecular flexibility index (Phi) is 11.0. The minimum atomic E-state index is -1.02. The van der Waals surface area contributed by atoms with Gasteiger partial charge in [0.05, 0.1) is 12.3 Å². The molecule has 1 heterocycles. The van der Waals surface area contributed by atoms with Crippen LogP contribution in [0.2, 0.25) is 0 Å². The number of imide groups is 1. The molecular formula is C19H31N3O5. The fraction of sp³-hybridized carbons (Fsp3) is 0.737. The van der Waals surface area contributed by atoms with Crippen LogP contribution in [-0.2, 0) is 19.1 Å². The third-order valence-electron chi connectivity index (χ3n) is 4.22. The molecule has 152 valence electrons. The summed E-state index contributed by atoms with van der Waals surface area (Å²) in [4.78, 5) is 50.8. The zero-order chi connectivity index (χ0) is 20.1. The number of ether oxygens (including phenoxy) is 1. The van der Waals surface area contributed by atoms with Gasteiger partial charge in [-0.3, -0.25) is 24.7 Å². The fourth-order valence-electron chi connectivity index (χ4n) is 2.76. The van der Waals surface area contributed by atoms with Crippen LogP contribution in [0.25, 0.3) is 0 Å². The quantitative estimate of drug-likeness (QED) is 0.208. The lowest BCUT2D eigenvalue weighted by Crippen LogP contribution is -2.30. The SMILES string of the molecule is CCCCCC(=O)C(CCCCCCC(=O)OCC)=NC1NC(=O)NC1=O. The van der Waals surface area contributed by atoms with Crippen LogP contribution >= 0.6 is 0 Å². The lowest BCUT2D eigenvalue weighted by atomic mass is 10.0. The third-order valence-corrected chi connectivity index (χ3v) is 4.22. The smallest absolute Gasteiger partial charge is 0.323 e. The molecule has 0 saturated carbocycles. The van der Waals surface area contributed by atoms with Crippen molar-refractivity contribution in [3.8, 4) is 0 Å². The van der Waals surface area contributed by atoms with Gasteiger partial charge in [0.1, 0.15) is 0 Å². The molecule has 8 nitrogen and oxygen atoms in total. The van der Waals surface area contributed by atoms with Crippen LogP contribution in [0.1, 0.15) is 78.1 Å². The average molecular weight is 381 g/mol. The number of carbonyl (C=O) groups is 4. The number of nitrogens with one attached hydrogen (secondary N) is 2. The average Bonchev–Trinajstić information content (AvgIpc) is 2.94. The number of urea groups is 1. The van der Waals surface area contributed by atoms with E-state index in [1.165, 1.54) is 0 Å². The van der Waals surface area contributed by atoms with E-state index in [-0.39, 0.29) is 11.8 Å². The van der Waals surface area contributed by atoms with Crippen molar-refractivity contribution in [1.29, 1.82) is 0 Å². The van der Waals surface area contributed by atoms with E-state index in [2.05, 4.69) is 22.5 Å². The van der Waals surface area contributed by atoms with Gasteiger partial charge in [-0.05, 0) is 32.6 Å². The van der Waals surface area contributed by atoms with Crippen molar-refractivity contribution >= 4 is 29.4 Å². The van der Waals surface area contributed by atoms with Crippen molar-refractivity contribution in [1.82, 2.24) is 10.6 Å². The number of ketones is 1. The van der Waals surface area contributed by atoms with Crippen molar-refractivity contribution in [3.63, 3.8) is 0 Å². The maximum Gasteiger partial charge on any atom is 0.323 e. The molecule has 1 aliphatic heterocycles. The molecule has 27 heavy (non-hydrogen) atoms. The zero-order valence-electron chi connectivity index (χ0n) is 16.3. The summed E-state index contributed by atoms with van der Waals surface area (Å²) in [6, 6.07) is -0.592. The predicted molar refractivity (Wildman–Crippen MR) is 101 cm³/mol. The Hall–Kier alpha value is -2.25. The molecule has 1 unspecified atom stereocenters. The summed E-state index contributed by atoms with van der Waals surface area (Å²) in [7, 11) is 0. The number of carbonyl (C=O) groups excluding carboxylic acids is 4. The molecule has 0 bridgehead atoms. The second-order valence-electron chi connectivity index (χ2n) is 6.54. The molecule has 8 heteroatoms. The molecule has 0 aromatic heterocycles. The maximum atomic E-state index is 12.4.